The van der Waals surface area contributed by atoms with Gasteiger partial charge in [-0.1, -0.05) is 53.2 Å². The van der Waals surface area contributed by atoms with Crippen LogP contribution in [0.25, 0.3) is 0 Å². The molecule has 1 fully saturated rings. The topological polar surface area (TPSA) is 65.6 Å². The third-order valence-electron chi connectivity index (χ3n) is 6.24. The molecule has 0 bridgehead atoms. The number of aromatic nitrogens is 1. The number of pyridine rings is 1. The van der Waals surface area contributed by atoms with Crippen LogP contribution in [0.4, 0.5) is 18.9 Å². The van der Waals surface area contributed by atoms with Gasteiger partial charge < -0.3 is 19.5 Å². The second-order valence-corrected chi connectivity index (χ2v) is 10.4. The normalized spacial score (nSPS) is 15.7. The summed E-state index contributed by atoms with van der Waals surface area (Å²) in [6, 6.07) is 11.2. The summed E-state index contributed by atoms with van der Waals surface area (Å²) in [6.45, 7) is 3.06. The number of ether oxygens (including phenoxy) is 1. The van der Waals surface area contributed by atoms with Gasteiger partial charge in [-0.15, -0.1) is 0 Å². The number of fused-ring (bicyclic) bond motifs is 1. The smallest absolute Gasteiger partial charge is 0.378 e. The Hall–Kier alpha value is -2.66. The Bertz CT molecular complexity index is 1400. The lowest BCUT2D eigenvalue weighted by Crippen LogP contribution is -2.37. The number of nitrogens with one attached hydrogen (secondary N) is 1. The summed E-state index contributed by atoms with van der Waals surface area (Å²) in [4.78, 5) is 32.2. The number of hydrogen-bond acceptors (Lipinski definition) is 5. The van der Waals surface area contributed by atoms with Crippen LogP contribution in [0, 0.1) is 0 Å². The van der Waals surface area contributed by atoms with Gasteiger partial charge in [0.2, 0.25) is 0 Å². The highest BCUT2D eigenvalue weighted by Gasteiger charge is 2.36. The lowest BCUT2D eigenvalue weighted by Gasteiger charge is -2.30. The number of benzene rings is 2. The van der Waals surface area contributed by atoms with E-state index >= 15 is 0 Å². The van der Waals surface area contributed by atoms with Crippen molar-refractivity contribution in [3.63, 3.8) is 0 Å². The minimum atomic E-state index is -4.82. The molecule has 0 unspecified atom stereocenters. The number of alkyl halides is 3. The van der Waals surface area contributed by atoms with Crippen LogP contribution in [0.3, 0.4) is 0 Å². The van der Waals surface area contributed by atoms with Gasteiger partial charge in [0, 0.05) is 41.7 Å². The molecule has 1 N–H and O–H groups in total. The quantitative estimate of drug-likeness (QED) is 0.427. The minimum Gasteiger partial charge on any atom is -0.378 e. The number of morpholine rings is 1. The maximum absolute atomic E-state index is 13.7. The molecule has 0 spiro atoms. The van der Waals surface area contributed by atoms with Gasteiger partial charge in [0.1, 0.15) is 11.3 Å². The molecule has 194 valence electrons. The average Bonchev–Trinajstić information content (AvgIpc) is 3.30. The number of H-pyrrole nitrogens is 1. The molecular formula is C25H20Cl2F3N3O3S. The molecule has 3 heterocycles. The maximum Gasteiger partial charge on any atom is 0.431 e. The van der Waals surface area contributed by atoms with Gasteiger partial charge in [0.05, 0.1) is 23.3 Å². The van der Waals surface area contributed by atoms with Crippen molar-refractivity contribution in [2.75, 3.05) is 31.2 Å². The van der Waals surface area contributed by atoms with Crippen LogP contribution >= 0.6 is 35.0 Å². The fourth-order valence-corrected chi connectivity index (χ4v) is 6.11. The van der Waals surface area contributed by atoms with Crippen molar-refractivity contribution >= 4 is 46.6 Å². The summed E-state index contributed by atoms with van der Waals surface area (Å²) in [5.74, 6) is -0.676. The molecule has 12 heteroatoms. The van der Waals surface area contributed by atoms with Crippen LogP contribution < -0.4 is 10.5 Å². The monoisotopic (exact) mass is 569 g/mol. The van der Waals surface area contributed by atoms with E-state index in [1.54, 1.807) is 6.07 Å². The molecule has 1 saturated heterocycles. The highest BCUT2D eigenvalue weighted by atomic mass is 35.5. The first-order valence-corrected chi connectivity index (χ1v) is 12.9. The summed E-state index contributed by atoms with van der Waals surface area (Å²) in [6.07, 6.45) is -4.82. The van der Waals surface area contributed by atoms with Crippen LogP contribution in [0.5, 0.6) is 0 Å². The number of anilines is 1. The third kappa shape index (κ3) is 5.20. The van der Waals surface area contributed by atoms with Crippen LogP contribution in [0.1, 0.15) is 27.2 Å². The van der Waals surface area contributed by atoms with E-state index in [2.05, 4.69) is 4.90 Å². The van der Waals surface area contributed by atoms with Crippen LogP contribution in [0.15, 0.2) is 57.1 Å². The molecule has 0 radical (unpaired) electrons. The first-order valence-electron chi connectivity index (χ1n) is 11.3. The number of aromatic amines is 1. The summed E-state index contributed by atoms with van der Waals surface area (Å²) < 4.78 is 46.1. The van der Waals surface area contributed by atoms with E-state index in [0.29, 0.717) is 26.3 Å². The minimum absolute atomic E-state index is 0.180. The number of hydrogen-bond donors (Lipinski definition) is 1. The van der Waals surface area contributed by atoms with Crippen molar-refractivity contribution < 1.29 is 22.7 Å². The summed E-state index contributed by atoms with van der Waals surface area (Å²) in [5.41, 5.74) is 0.0620. The van der Waals surface area contributed by atoms with Crippen molar-refractivity contribution in [2.45, 2.75) is 29.1 Å². The Labute approximate surface area is 224 Å². The van der Waals surface area contributed by atoms with Gasteiger partial charge in [-0.2, -0.15) is 13.2 Å². The van der Waals surface area contributed by atoms with E-state index in [-0.39, 0.29) is 32.9 Å². The van der Waals surface area contributed by atoms with E-state index in [4.69, 9.17) is 27.9 Å². The zero-order chi connectivity index (χ0) is 26.3. The first-order chi connectivity index (χ1) is 17.6. The van der Waals surface area contributed by atoms with E-state index in [1.165, 1.54) is 17.0 Å². The molecule has 0 atom stereocenters. The van der Waals surface area contributed by atoms with Crippen LogP contribution in [0.2, 0.25) is 10.0 Å². The molecular weight excluding hydrogens is 550 g/mol. The van der Waals surface area contributed by atoms with Gasteiger partial charge in [-0.3, -0.25) is 9.59 Å². The fourth-order valence-electron chi connectivity index (χ4n) is 4.47. The number of amides is 1. The predicted molar refractivity (Wildman–Crippen MR) is 136 cm³/mol. The molecule has 5 rings (SSSR count). The Morgan fingerprint density at radius 1 is 1.03 bits per heavy atom. The van der Waals surface area contributed by atoms with Crippen molar-refractivity contribution in [3.8, 4) is 0 Å². The molecule has 2 aromatic carbocycles. The summed E-state index contributed by atoms with van der Waals surface area (Å²) in [7, 11) is 0. The Kier molecular flexibility index (Phi) is 7.19. The number of nitrogens with zero attached hydrogens (tertiary/aromatic N) is 2. The van der Waals surface area contributed by atoms with Gasteiger partial charge in [-0.25, -0.2) is 0 Å². The zero-order valence-electron chi connectivity index (χ0n) is 19.2. The molecule has 1 amide bonds. The third-order valence-corrected chi connectivity index (χ3v) is 8.28. The molecule has 0 aliphatic carbocycles. The van der Waals surface area contributed by atoms with Gasteiger partial charge in [0.25, 0.3) is 11.5 Å². The first kappa shape index (κ1) is 26.0. The number of carbonyl (C=O) groups is 1. The molecule has 1 aromatic heterocycles. The lowest BCUT2D eigenvalue weighted by molar-refractivity contribution is -0.141. The van der Waals surface area contributed by atoms with E-state index in [0.717, 1.165) is 34.6 Å². The van der Waals surface area contributed by atoms with Crippen LogP contribution in [-0.2, 0) is 24.0 Å². The van der Waals surface area contributed by atoms with Crippen molar-refractivity contribution in [1.82, 2.24) is 9.88 Å². The second-order valence-electron chi connectivity index (χ2n) is 8.58. The number of rotatable bonds is 4. The molecule has 2 aliphatic heterocycles. The molecule has 0 saturated carbocycles. The van der Waals surface area contributed by atoms with Gasteiger partial charge in [-0.05, 0) is 35.4 Å². The SMILES string of the molecule is O=C(c1c(Sc2c(Cl)cccc2Cl)cc(C(F)(F)F)[nH]c1=O)N1Cc2cccc(N3CCOCC3)c2C1. The van der Waals surface area contributed by atoms with E-state index < -0.39 is 28.9 Å². The Balaban J connectivity index is 1.52. The van der Waals surface area contributed by atoms with Crippen molar-refractivity contribution in [2.24, 2.45) is 0 Å². The molecule has 6 nitrogen and oxygen atoms in total. The predicted octanol–water partition coefficient (Wildman–Crippen LogP) is 5.84. The van der Waals surface area contributed by atoms with Crippen molar-refractivity contribution in [3.05, 3.63) is 85.2 Å². The fraction of sp³-hybridized carbons (Fsp3) is 0.280. The second kappa shape index (κ2) is 10.2. The van der Waals surface area contributed by atoms with E-state index in [9.17, 15) is 22.8 Å². The number of carbonyl (C=O) groups excluding carboxylic acids is 1. The van der Waals surface area contributed by atoms with Gasteiger partial charge in [0.15, 0.2) is 0 Å². The molecule has 37 heavy (non-hydrogen) atoms. The average molecular weight is 570 g/mol. The molecule has 3 aromatic rings. The largest absolute Gasteiger partial charge is 0.431 e. The highest BCUT2D eigenvalue weighted by molar-refractivity contribution is 7.99. The zero-order valence-corrected chi connectivity index (χ0v) is 21.5. The standard InChI is InChI=1S/C25H20Cl2F3N3O3S/c26-16-4-2-5-17(27)22(16)37-19-11-20(25(28,29)30)31-23(34)21(19)24(35)33-12-14-3-1-6-18(15(14)13-33)32-7-9-36-10-8-32/h1-6,11H,7-10,12-13H2,(H,31,34). The molecule has 2 aliphatic rings. The summed E-state index contributed by atoms with van der Waals surface area (Å²) in [5, 5.41) is 0.377. The lowest BCUT2D eigenvalue weighted by atomic mass is 10.1. The van der Waals surface area contributed by atoms with Crippen LogP contribution in [-0.4, -0.2) is 42.1 Å². The summed E-state index contributed by atoms with van der Waals surface area (Å²) >= 11 is 13.2. The van der Waals surface area contributed by atoms with E-state index in [1.807, 2.05) is 23.2 Å². The Morgan fingerprint density at radius 2 is 1.70 bits per heavy atom. The Morgan fingerprint density at radius 3 is 2.38 bits per heavy atom. The highest BCUT2D eigenvalue weighted by Crippen LogP contribution is 2.41. The van der Waals surface area contributed by atoms with Gasteiger partial charge >= 0.3 is 6.18 Å². The maximum atomic E-state index is 13.7. The number of halogens is 5. The van der Waals surface area contributed by atoms with Crippen molar-refractivity contribution in [1.29, 1.82) is 0 Å².